The van der Waals surface area contributed by atoms with Crippen LogP contribution in [0.2, 0.25) is 0 Å². The number of carbonyl (C=O) groups is 6. The maximum Gasteiger partial charge on any atom is 0.263 e. The van der Waals surface area contributed by atoms with Gasteiger partial charge in [0.15, 0.2) is 11.6 Å². The fourth-order valence-corrected chi connectivity index (χ4v) is 26.1. The van der Waals surface area contributed by atoms with E-state index in [1.807, 2.05) is 6.92 Å². The minimum Gasteiger partial charge on any atom is -0.293 e. The average Bonchev–Trinajstić information content (AvgIpc) is 1.54. The molecule has 0 saturated heterocycles. The molecule has 108 heavy (non-hydrogen) atoms. The summed E-state index contributed by atoms with van der Waals surface area (Å²) in [6.07, 6.45) is 43.7. The van der Waals surface area contributed by atoms with Crippen LogP contribution in [-0.4, -0.2) is 58.1 Å². The van der Waals surface area contributed by atoms with E-state index in [4.69, 9.17) is 0 Å². The molecule has 0 bridgehead atoms. The van der Waals surface area contributed by atoms with Gasteiger partial charge in [0, 0.05) is 58.4 Å². The van der Waals surface area contributed by atoms with Gasteiger partial charge in [-0.25, -0.2) is 0 Å². The van der Waals surface area contributed by atoms with Crippen molar-refractivity contribution in [2.45, 2.75) is 365 Å². The number of rotatable bonds is 51. The van der Waals surface area contributed by atoms with Crippen molar-refractivity contribution in [3.63, 3.8) is 0 Å². The Morgan fingerprint density at radius 3 is 1.09 bits per heavy atom. The third-order valence-electron chi connectivity index (χ3n) is 25.3. The molecule has 10 rings (SSSR count). The molecule has 4 amide bonds. The highest BCUT2D eigenvalue weighted by Gasteiger charge is 2.52. The van der Waals surface area contributed by atoms with Crippen molar-refractivity contribution in [2.24, 2.45) is 35.5 Å². The Hall–Kier alpha value is -4.18. The van der Waals surface area contributed by atoms with Gasteiger partial charge >= 0.3 is 0 Å². The molecule has 6 aromatic heterocycles. The van der Waals surface area contributed by atoms with Gasteiger partial charge in [-0.2, -0.15) is 0 Å². The molecule has 2 aliphatic carbocycles. The number of hydrogen-bond acceptors (Lipinski definition) is 12. The third-order valence-corrected chi connectivity index (χ3v) is 32.9. The number of thiophene rings is 6. The van der Waals surface area contributed by atoms with Gasteiger partial charge in [0.1, 0.15) is 0 Å². The molecule has 594 valence electrons. The number of carbonyl (C=O) groups excluding carboxylic acids is 6. The Morgan fingerprint density at radius 1 is 0.324 bits per heavy atom. The standard InChI is InChI=1S/C94H136N2O6S6/c1-15-21-25-27-29-31-33-35-37-39-51-93(52-40-38-36-34-32-30-28-26-22-16-2)71-57-74(84-77-76(66(14)104-84)89(99)95(90(77)100)59-67(19-5)47-23-17-3)106-83(71)81-70(88(93)98)56-73(105-81)85-78-79(92(102)96(91(78)101)60-68(20-6)48-24-18-4)86(108-85)75-58-72-82(107-75)80-69(55-65(13)103-80)87(97)94(72,53-49-63(11)45-41-43-61(7)8)54-50-64(12)46-42-44-62(9)10/h55-58,61-64,67-68H,15-54,59-60H2,1-14H3. The normalized spacial score (nSPS) is 17.1. The van der Waals surface area contributed by atoms with Crippen molar-refractivity contribution in [2.75, 3.05) is 13.1 Å². The van der Waals surface area contributed by atoms with E-state index in [-0.39, 0.29) is 47.0 Å². The fraction of sp³-hybridized carbons (Fsp3) is 0.681. The molecular formula is C94H136N2O6S6. The lowest BCUT2D eigenvalue weighted by Gasteiger charge is -2.38. The zero-order valence-corrected chi connectivity index (χ0v) is 74.2. The molecule has 4 unspecified atom stereocenters. The molecule has 0 aromatic carbocycles. The number of Topliss-reactive ketones (excluding diaryl/α,β-unsaturated/α-hetero) is 2. The summed E-state index contributed by atoms with van der Waals surface area (Å²) in [5, 5.41) is 0. The van der Waals surface area contributed by atoms with Crippen LogP contribution in [0.1, 0.15) is 423 Å². The van der Waals surface area contributed by atoms with Crippen LogP contribution in [0.5, 0.6) is 0 Å². The molecule has 14 heteroatoms. The molecule has 8 nitrogen and oxygen atoms in total. The number of ketones is 2. The molecule has 2 aliphatic heterocycles. The Morgan fingerprint density at radius 2 is 0.676 bits per heavy atom. The summed E-state index contributed by atoms with van der Waals surface area (Å²) in [7, 11) is 0. The highest BCUT2D eigenvalue weighted by Crippen LogP contribution is 2.62. The number of nitrogens with zero attached hydrogens (tertiary/aromatic N) is 2. The van der Waals surface area contributed by atoms with Gasteiger partial charge in [-0.1, -0.05) is 289 Å². The van der Waals surface area contributed by atoms with E-state index in [1.54, 1.807) is 77.8 Å². The zero-order valence-electron chi connectivity index (χ0n) is 69.3. The van der Waals surface area contributed by atoms with Crippen LogP contribution < -0.4 is 0 Å². The second-order valence-electron chi connectivity index (χ2n) is 34.8. The number of hydrogen-bond donors (Lipinski definition) is 0. The highest BCUT2D eigenvalue weighted by atomic mass is 32.1. The fourth-order valence-electron chi connectivity index (χ4n) is 18.4. The summed E-state index contributed by atoms with van der Waals surface area (Å²) in [4.78, 5) is 109. The van der Waals surface area contributed by atoms with Crippen molar-refractivity contribution >= 4 is 103 Å². The average molecular weight is 1580 g/mol. The van der Waals surface area contributed by atoms with Crippen molar-refractivity contribution in [1.82, 2.24) is 9.80 Å². The summed E-state index contributed by atoms with van der Waals surface area (Å²) >= 11 is 9.82. The first-order valence-corrected chi connectivity index (χ1v) is 48.7. The first-order chi connectivity index (χ1) is 52.1. The van der Waals surface area contributed by atoms with Crippen LogP contribution in [0, 0.1) is 49.4 Å². The van der Waals surface area contributed by atoms with E-state index in [0.717, 1.165) is 216 Å². The van der Waals surface area contributed by atoms with E-state index >= 15 is 24.0 Å². The van der Waals surface area contributed by atoms with Crippen LogP contribution in [0.15, 0.2) is 24.3 Å². The molecule has 6 aromatic rings. The van der Waals surface area contributed by atoms with Gasteiger partial charge in [0.2, 0.25) is 0 Å². The van der Waals surface area contributed by atoms with E-state index in [1.165, 1.54) is 116 Å². The van der Waals surface area contributed by atoms with Gasteiger partial charge in [-0.15, -0.1) is 68.0 Å². The van der Waals surface area contributed by atoms with Crippen molar-refractivity contribution < 1.29 is 28.8 Å². The Kier molecular flexibility index (Phi) is 32.5. The monoisotopic (exact) mass is 1580 g/mol. The van der Waals surface area contributed by atoms with E-state index in [9.17, 15) is 4.79 Å². The van der Waals surface area contributed by atoms with E-state index < -0.39 is 10.8 Å². The number of aryl methyl sites for hydroxylation is 2. The predicted octanol–water partition coefficient (Wildman–Crippen LogP) is 30.6. The van der Waals surface area contributed by atoms with Gasteiger partial charge in [0.05, 0.1) is 57.5 Å². The lowest BCUT2D eigenvalue weighted by atomic mass is 9.64. The maximum atomic E-state index is 16.9. The topological polar surface area (TPSA) is 109 Å². The molecule has 4 aliphatic rings. The largest absolute Gasteiger partial charge is 0.293 e. The number of unbranched alkanes of at least 4 members (excludes halogenated alkanes) is 20. The third kappa shape index (κ3) is 19.6. The second-order valence-corrected chi connectivity index (χ2v) is 41.5. The van der Waals surface area contributed by atoms with Crippen molar-refractivity contribution in [1.29, 1.82) is 0 Å². The number of fused-ring (bicyclic) bond motifs is 8. The first-order valence-electron chi connectivity index (χ1n) is 43.8. The summed E-state index contributed by atoms with van der Waals surface area (Å²) in [6, 6.07) is 8.91. The van der Waals surface area contributed by atoms with Gasteiger partial charge < -0.3 is 0 Å². The van der Waals surface area contributed by atoms with Crippen LogP contribution in [0.3, 0.4) is 0 Å². The second kappa shape index (κ2) is 40.7. The van der Waals surface area contributed by atoms with Crippen LogP contribution in [0.4, 0.5) is 0 Å². The van der Waals surface area contributed by atoms with Gasteiger partial charge in [-0.05, 0) is 136 Å². The Labute approximate surface area is 677 Å². The Balaban J connectivity index is 1.12. The van der Waals surface area contributed by atoms with Crippen LogP contribution >= 0.6 is 68.0 Å². The van der Waals surface area contributed by atoms with Crippen molar-refractivity contribution in [3.8, 4) is 48.8 Å². The number of amides is 4. The van der Waals surface area contributed by atoms with Crippen LogP contribution in [0.25, 0.3) is 48.8 Å². The molecule has 0 saturated carbocycles. The minimum absolute atomic E-state index is 0.153. The van der Waals surface area contributed by atoms with E-state index in [2.05, 4.69) is 114 Å². The lowest BCUT2D eigenvalue weighted by molar-refractivity contribution is 0.0609. The maximum absolute atomic E-state index is 16.9. The molecule has 0 N–H and O–H groups in total. The van der Waals surface area contributed by atoms with Crippen LogP contribution in [-0.2, 0) is 10.8 Å². The molecule has 4 atom stereocenters. The van der Waals surface area contributed by atoms with Gasteiger partial charge in [0.25, 0.3) is 23.6 Å². The lowest BCUT2D eigenvalue weighted by Crippen LogP contribution is -2.39. The summed E-state index contributed by atoms with van der Waals surface area (Å²) in [5.41, 5.74) is 4.12. The summed E-state index contributed by atoms with van der Waals surface area (Å²) in [6.45, 7) is 32.3. The summed E-state index contributed by atoms with van der Waals surface area (Å²) < 4.78 is 0. The smallest absolute Gasteiger partial charge is 0.263 e. The van der Waals surface area contributed by atoms with Gasteiger partial charge in [-0.3, -0.25) is 38.6 Å². The number of imide groups is 2. The predicted molar refractivity (Wildman–Crippen MR) is 467 cm³/mol. The minimum atomic E-state index is -0.833. The first kappa shape index (κ1) is 86.2. The zero-order chi connectivity index (χ0) is 77.4. The molecule has 0 spiro atoms. The molecule has 0 radical (unpaired) electrons. The summed E-state index contributed by atoms with van der Waals surface area (Å²) in [5.74, 6) is 2.13. The van der Waals surface area contributed by atoms with E-state index in [0.29, 0.717) is 64.6 Å². The SMILES string of the molecule is CCCCCCCCCCCCC1(CCCCCCCCCCCC)C(=O)c2cc(-c3sc(-c4cc5c(s4)-c4sc(C)cc4C(=O)C5(CCC(C)CCCC(C)C)CCC(C)CCCC(C)C)c4c3C(=O)N(CC(CC)CCCC)C4=O)sc2-c2sc(-c3sc(C)c4c3C(=O)N(CC(CC)CCCC)C4=O)cc21. The molecule has 8 heterocycles. The Bertz CT molecular complexity index is 3940. The van der Waals surface area contributed by atoms with Crippen molar-refractivity contribution in [3.05, 3.63) is 78.5 Å². The quantitative estimate of drug-likeness (QED) is 0.0278. The molecule has 0 fully saturated rings. The molecular weight excluding hydrogens is 1450 g/mol. The highest BCUT2D eigenvalue weighted by molar-refractivity contribution is 7.31.